The first-order valence-corrected chi connectivity index (χ1v) is 8.45. The summed E-state index contributed by atoms with van der Waals surface area (Å²) in [4.78, 5) is 22.6. The molecule has 0 radical (unpaired) electrons. The second kappa shape index (κ2) is 9.38. The van der Waals surface area contributed by atoms with Crippen LogP contribution in [0.3, 0.4) is 0 Å². The molecule has 1 heterocycles. The van der Waals surface area contributed by atoms with Crippen LogP contribution in [0, 0.1) is 6.92 Å². The normalized spacial score (nSPS) is 13.5. The van der Waals surface area contributed by atoms with Gasteiger partial charge in [-0.25, -0.2) is 9.59 Å². The van der Waals surface area contributed by atoms with Crippen LogP contribution in [-0.4, -0.2) is 47.2 Å². The molecule has 1 aliphatic heterocycles. The van der Waals surface area contributed by atoms with Crippen molar-refractivity contribution in [2.24, 2.45) is 4.99 Å². The number of carboxylic acid groups (broad SMARTS) is 2. The highest BCUT2D eigenvalue weighted by molar-refractivity contribution is 6.27. The van der Waals surface area contributed by atoms with Crippen molar-refractivity contribution in [1.82, 2.24) is 5.32 Å². The highest BCUT2D eigenvalue weighted by Gasteiger charge is 2.17. The van der Waals surface area contributed by atoms with Crippen LogP contribution in [0.4, 0.5) is 0 Å². The third-order valence-electron chi connectivity index (χ3n) is 3.82. The lowest BCUT2D eigenvalue weighted by molar-refractivity contribution is -0.159. The number of carbonyl (C=O) groups is 2. The Kier molecular flexibility index (Phi) is 6.93. The first-order valence-electron chi connectivity index (χ1n) is 8.45. The monoisotopic (exact) mass is 370 g/mol. The lowest BCUT2D eigenvalue weighted by Gasteiger charge is -2.18. The summed E-state index contributed by atoms with van der Waals surface area (Å²) in [5, 5.41) is 18.1. The Morgan fingerprint density at radius 1 is 1.07 bits per heavy atom. The van der Waals surface area contributed by atoms with Crippen molar-refractivity contribution in [3.63, 3.8) is 0 Å². The predicted octanol–water partition coefficient (Wildman–Crippen LogP) is 2.59. The van der Waals surface area contributed by atoms with Crippen molar-refractivity contribution < 1.29 is 24.5 Å². The van der Waals surface area contributed by atoms with Crippen LogP contribution in [-0.2, 0) is 9.59 Å². The van der Waals surface area contributed by atoms with E-state index in [-0.39, 0.29) is 6.10 Å². The summed E-state index contributed by atoms with van der Waals surface area (Å²) in [5.41, 5.74) is 3.54. The molecule has 1 aliphatic rings. The van der Waals surface area contributed by atoms with Gasteiger partial charge in [0.15, 0.2) is 6.10 Å². The molecule has 142 valence electrons. The molecule has 0 aliphatic carbocycles. The van der Waals surface area contributed by atoms with Crippen molar-refractivity contribution in [3.05, 3.63) is 54.1 Å². The fourth-order valence-corrected chi connectivity index (χ4v) is 2.48. The lowest BCUT2D eigenvalue weighted by Crippen LogP contribution is -2.33. The summed E-state index contributed by atoms with van der Waals surface area (Å²) in [6.45, 7) is 5.87. The number of amidine groups is 1. The average Bonchev–Trinajstić information content (AvgIpc) is 3.18. The summed E-state index contributed by atoms with van der Waals surface area (Å²) >= 11 is 0. The molecule has 0 saturated carbocycles. The minimum atomic E-state index is -1.82. The quantitative estimate of drug-likeness (QED) is 0.714. The van der Waals surface area contributed by atoms with Gasteiger partial charge in [-0.2, -0.15) is 0 Å². The first-order chi connectivity index (χ1) is 12.9. The van der Waals surface area contributed by atoms with Crippen LogP contribution in [0.1, 0.15) is 12.5 Å². The van der Waals surface area contributed by atoms with Gasteiger partial charge in [-0.15, -0.1) is 0 Å². The molecule has 0 bridgehead atoms. The molecule has 0 saturated heterocycles. The summed E-state index contributed by atoms with van der Waals surface area (Å²) in [7, 11) is 0. The fourth-order valence-electron chi connectivity index (χ4n) is 2.48. The van der Waals surface area contributed by atoms with Gasteiger partial charge < -0.3 is 20.3 Å². The number of aliphatic carboxylic acids is 2. The van der Waals surface area contributed by atoms with Crippen molar-refractivity contribution >= 4 is 17.8 Å². The zero-order chi connectivity index (χ0) is 19.8. The minimum Gasteiger partial charge on any atom is -0.482 e. The number of aryl methyl sites for hydroxylation is 1. The summed E-state index contributed by atoms with van der Waals surface area (Å²) in [6.07, 6.45) is -0.0564. The van der Waals surface area contributed by atoms with E-state index in [9.17, 15) is 0 Å². The minimum absolute atomic E-state index is 0.0564. The molecule has 1 unspecified atom stereocenters. The maximum absolute atomic E-state index is 9.10. The number of rotatable bonds is 4. The van der Waals surface area contributed by atoms with E-state index >= 15 is 0 Å². The van der Waals surface area contributed by atoms with Gasteiger partial charge in [-0.1, -0.05) is 48.0 Å². The van der Waals surface area contributed by atoms with Crippen LogP contribution < -0.4 is 10.1 Å². The molecule has 3 rings (SSSR count). The second-order valence-electron chi connectivity index (χ2n) is 5.93. The Labute approximate surface area is 157 Å². The highest BCUT2D eigenvalue weighted by Crippen LogP contribution is 2.30. The maximum atomic E-state index is 9.10. The van der Waals surface area contributed by atoms with E-state index in [2.05, 4.69) is 47.6 Å². The van der Waals surface area contributed by atoms with Gasteiger partial charge in [-0.05, 0) is 25.5 Å². The van der Waals surface area contributed by atoms with E-state index in [1.54, 1.807) is 0 Å². The first kappa shape index (κ1) is 20.0. The third kappa shape index (κ3) is 5.85. The van der Waals surface area contributed by atoms with E-state index < -0.39 is 11.9 Å². The molecule has 0 amide bonds. The molecule has 3 N–H and O–H groups in total. The molecule has 27 heavy (non-hydrogen) atoms. The van der Waals surface area contributed by atoms with E-state index in [4.69, 9.17) is 24.5 Å². The number of nitrogens with zero attached hydrogens (tertiary/aromatic N) is 1. The molecular weight excluding hydrogens is 348 g/mol. The van der Waals surface area contributed by atoms with Gasteiger partial charge in [0.05, 0.1) is 6.54 Å². The summed E-state index contributed by atoms with van der Waals surface area (Å²) < 4.78 is 6.12. The van der Waals surface area contributed by atoms with Crippen molar-refractivity contribution in [1.29, 1.82) is 0 Å². The number of aliphatic imine (C=N–C) groups is 1. The van der Waals surface area contributed by atoms with Crippen molar-refractivity contribution in [3.8, 4) is 16.9 Å². The Morgan fingerprint density at radius 3 is 2.26 bits per heavy atom. The van der Waals surface area contributed by atoms with Gasteiger partial charge >= 0.3 is 11.9 Å². The zero-order valence-corrected chi connectivity index (χ0v) is 15.2. The number of hydrogen-bond donors (Lipinski definition) is 3. The van der Waals surface area contributed by atoms with Crippen molar-refractivity contribution in [2.45, 2.75) is 20.0 Å². The molecule has 7 heteroatoms. The highest BCUT2D eigenvalue weighted by atomic mass is 16.5. The van der Waals surface area contributed by atoms with Crippen LogP contribution in [0.25, 0.3) is 11.1 Å². The molecule has 0 spiro atoms. The van der Waals surface area contributed by atoms with Crippen molar-refractivity contribution in [2.75, 3.05) is 13.1 Å². The molecule has 2 aromatic carbocycles. The average molecular weight is 370 g/mol. The molecule has 0 aromatic heterocycles. The maximum Gasteiger partial charge on any atom is 0.414 e. The van der Waals surface area contributed by atoms with Gasteiger partial charge in [-0.3, -0.25) is 4.99 Å². The van der Waals surface area contributed by atoms with Crippen LogP contribution in [0.15, 0.2) is 53.5 Å². The van der Waals surface area contributed by atoms with Gasteiger partial charge in [0.2, 0.25) is 0 Å². The molecule has 1 atom stereocenters. The summed E-state index contributed by atoms with van der Waals surface area (Å²) in [6, 6.07) is 16.7. The Morgan fingerprint density at radius 2 is 1.70 bits per heavy atom. The lowest BCUT2D eigenvalue weighted by atomic mass is 10.0. The van der Waals surface area contributed by atoms with Crippen LogP contribution >= 0.6 is 0 Å². The third-order valence-corrected chi connectivity index (χ3v) is 3.82. The van der Waals surface area contributed by atoms with Gasteiger partial charge in [0.1, 0.15) is 11.6 Å². The Hall–Kier alpha value is -3.35. The Balaban J connectivity index is 0.000000380. The van der Waals surface area contributed by atoms with Gasteiger partial charge in [0, 0.05) is 12.1 Å². The smallest absolute Gasteiger partial charge is 0.414 e. The molecular formula is C20H22N2O5. The fraction of sp³-hybridized carbons (Fsp3) is 0.250. The van der Waals surface area contributed by atoms with E-state index in [0.717, 1.165) is 30.2 Å². The number of carboxylic acids is 2. The Bertz CT molecular complexity index is 819. The standard InChI is InChI=1S/C18H20N2O.C2H2O4/c1-13-7-9-15(10-8-13)16-5-3-4-6-17(16)21-14(2)18-19-11-12-20-18;3-1(4)2(5)6/h3-10,14H,11-12H2,1-2H3,(H,19,20);(H,3,4)(H,5,6). The second-order valence-corrected chi connectivity index (χ2v) is 5.93. The topological polar surface area (TPSA) is 108 Å². The predicted molar refractivity (Wildman–Crippen MR) is 102 cm³/mol. The molecule has 0 fully saturated rings. The number of ether oxygens (including phenoxy) is 1. The summed E-state index contributed by atoms with van der Waals surface area (Å²) in [5.74, 6) is -1.82. The number of para-hydroxylation sites is 1. The van der Waals surface area contributed by atoms with Crippen LogP contribution in [0.2, 0.25) is 0 Å². The van der Waals surface area contributed by atoms with E-state index in [1.165, 1.54) is 11.1 Å². The number of benzene rings is 2. The molecule has 7 nitrogen and oxygen atoms in total. The van der Waals surface area contributed by atoms with E-state index in [1.807, 2.05) is 25.1 Å². The SMILES string of the molecule is Cc1ccc(-c2ccccc2OC(C)C2=NCCN2)cc1.O=C(O)C(=O)O. The van der Waals surface area contributed by atoms with E-state index in [0.29, 0.717) is 0 Å². The van der Waals surface area contributed by atoms with Crippen LogP contribution in [0.5, 0.6) is 5.75 Å². The largest absolute Gasteiger partial charge is 0.482 e. The number of nitrogens with one attached hydrogen (secondary N) is 1. The molecule has 2 aromatic rings. The number of hydrogen-bond acceptors (Lipinski definition) is 5. The van der Waals surface area contributed by atoms with Gasteiger partial charge in [0.25, 0.3) is 0 Å². The zero-order valence-electron chi connectivity index (χ0n) is 15.2.